The molecule has 1 saturated heterocycles. The summed E-state index contributed by atoms with van der Waals surface area (Å²) in [7, 11) is -3.53. The van der Waals surface area contributed by atoms with Gasteiger partial charge in [0.1, 0.15) is 5.82 Å². The molecule has 158 valence electrons. The SMILES string of the molecule is Cc1ccccc1-n1c(CC2CCN(S(=O)(=O)c3ccc(Cl)cc3)CC2)n[nH]c1=O. The van der Waals surface area contributed by atoms with Crippen molar-refractivity contribution in [1.82, 2.24) is 19.1 Å². The number of H-pyrrole nitrogens is 1. The van der Waals surface area contributed by atoms with Crippen LogP contribution in [0.2, 0.25) is 5.02 Å². The Balaban J connectivity index is 1.47. The zero-order valence-corrected chi connectivity index (χ0v) is 18.2. The molecule has 0 radical (unpaired) electrons. The molecule has 3 aromatic rings. The molecule has 0 spiro atoms. The van der Waals surface area contributed by atoms with Crippen LogP contribution in [-0.4, -0.2) is 40.6 Å². The van der Waals surface area contributed by atoms with Gasteiger partial charge in [-0.25, -0.2) is 22.9 Å². The lowest BCUT2D eigenvalue weighted by Crippen LogP contribution is -2.39. The average Bonchev–Trinajstić information content (AvgIpc) is 3.09. The molecule has 1 aliphatic rings. The number of nitrogens with zero attached hydrogens (tertiary/aromatic N) is 3. The van der Waals surface area contributed by atoms with Gasteiger partial charge in [0.25, 0.3) is 0 Å². The lowest BCUT2D eigenvalue weighted by Gasteiger charge is -2.31. The van der Waals surface area contributed by atoms with Crippen molar-refractivity contribution in [3.8, 4) is 5.69 Å². The second-order valence-corrected chi connectivity index (χ2v) is 9.95. The van der Waals surface area contributed by atoms with Gasteiger partial charge in [-0.1, -0.05) is 29.8 Å². The fourth-order valence-electron chi connectivity index (χ4n) is 3.90. The van der Waals surface area contributed by atoms with Gasteiger partial charge < -0.3 is 0 Å². The lowest BCUT2D eigenvalue weighted by atomic mass is 9.94. The van der Waals surface area contributed by atoms with Crippen LogP contribution in [0, 0.1) is 12.8 Å². The van der Waals surface area contributed by atoms with Crippen LogP contribution < -0.4 is 5.69 Å². The van der Waals surface area contributed by atoms with Crippen molar-refractivity contribution in [1.29, 1.82) is 0 Å². The van der Waals surface area contributed by atoms with Gasteiger partial charge in [-0.2, -0.15) is 9.40 Å². The van der Waals surface area contributed by atoms with E-state index in [4.69, 9.17) is 11.6 Å². The maximum Gasteiger partial charge on any atom is 0.347 e. The molecular weight excluding hydrogens is 424 g/mol. The predicted octanol–water partition coefficient (Wildman–Crippen LogP) is 3.17. The highest BCUT2D eigenvalue weighted by Crippen LogP contribution is 2.27. The minimum atomic E-state index is -3.53. The molecule has 0 bridgehead atoms. The number of sulfonamides is 1. The van der Waals surface area contributed by atoms with E-state index in [0.29, 0.717) is 43.2 Å². The fraction of sp³-hybridized carbons (Fsp3) is 0.333. The van der Waals surface area contributed by atoms with Crippen LogP contribution in [0.25, 0.3) is 5.69 Å². The molecule has 7 nitrogen and oxygen atoms in total. The zero-order chi connectivity index (χ0) is 21.3. The largest absolute Gasteiger partial charge is 0.347 e. The van der Waals surface area contributed by atoms with Crippen molar-refractivity contribution >= 4 is 21.6 Å². The summed E-state index contributed by atoms with van der Waals surface area (Å²) in [6.45, 7) is 2.84. The third-order valence-electron chi connectivity index (χ3n) is 5.59. The summed E-state index contributed by atoms with van der Waals surface area (Å²) in [5.74, 6) is 0.924. The number of hydrogen-bond acceptors (Lipinski definition) is 4. The van der Waals surface area contributed by atoms with Gasteiger partial charge in [0.2, 0.25) is 10.0 Å². The Labute approximate surface area is 180 Å². The monoisotopic (exact) mass is 446 g/mol. The molecule has 0 atom stereocenters. The molecular formula is C21H23ClN4O3S. The number of rotatable bonds is 5. The molecule has 1 fully saturated rings. The first-order valence-corrected chi connectivity index (χ1v) is 11.7. The second-order valence-electron chi connectivity index (χ2n) is 7.57. The lowest BCUT2D eigenvalue weighted by molar-refractivity contribution is 0.269. The number of para-hydroxylation sites is 1. The summed E-state index contributed by atoms with van der Waals surface area (Å²) in [6, 6.07) is 13.9. The van der Waals surface area contributed by atoms with Gasteiger partial charge in [-0.05, 0) is 61.6 Å². The molecule has 1 aliphatic heterocycles. The van der Waals surface area contributed by atoms with E-state index in [9.17, 15) is 13.2 Å². The van der Waals surface area contributed by atoms with Crippen molar-refractivity contribution in [2.24, 2.45) is 5.92 Å². The molecule has 0 aliphatic carbocycles. The van der Waals surface area contributed by atoms with Crippen LogP contribution in [0.15, 0.2) is 58.2 Å². The van der Waals surface area contributed by atoms with E-state index >= 15 is 0 Å². The third-order valence-corrected chi connectivity index (χ3v) is 7.76. The van der Waals surface area contributed by atoms with Gasteiger partial charge >= 0.3 is 5.69 Å². The number of aryl methyl sites for hydroxylation is 1. The van der Waals surface area contributed by atoms with Gasteiger partial charge in [-0.3, -0.25) is 0 Å². The van der Waals surface area contributed by atoms with Crippen LogP contribution in [0.4, 0.5) is 0 Å². The van der Waals surface area contributed by atoms with Gasteiger partial charge in [0.15, 0.2) is 0 Å². The highest BCUT2D eigenvalue weighted by atomic mass is 35.5. The Hall–Kier alpha value is -2.42. The normalized spacial score (nSPS) is 16.1. The number of aromatic amines is 1. The fourth-order valence-corrected chi connectivity index (χ4v) is 5.49. The third kappa shape index (κ3) is 4.08. The summed E-state index contributed by atoms with van der Waals surface area (Å²) in [4.78, 5) is 12.6. The van der Waals surface area contributed by atoms with Crippen LogP contribution >= 0.6 is 11.6 Å². The Kier molecular flexibility index (Phi) is 5.81. The molecule has 9 heteroatoms. The van der Waals surface area contributed by atoms with Crippen molar-refractivity contribution in [3.63, 3.8) is 0 Å². The van der Waals surface area contributed by atoms with E-state index in [1.54, 1.807) is 16.7 Å². The van der Waals surface area contributed by atoms with E-state index in [-0.39, 0.29) is 16.5 Å². The van der Waals surface area contributed by atoms with Gasteiger partial charge in [0.05, 0.1) is 10.6 Å². The van der Waals surface area contributed by atoms with Crippen molar-refractivity contribution in [2.45, 2.75) is 31.1 Å². The van der Waals surface area contributed by atoms with Gasteiger partial charge in [0, 0.05) is 24.5 Å². The summed E-state index contributed by atoms with van der Waals surface area (Å²) in [5, 5.41) is 7.29. The average molecular weight is 447 g/mol. The number of hydrogen-bond donors (Lipinski definition) is 1. The number of piperidine rings is 1. The summed E-state index contributed by atoms with van der Waals surface area (Å²) in [6.07, 6.45) is 2.03. The maximum absolute atomic E-state index is 12.9. The van der Waals surface area contributed by atoms with Gasteiger partial charge in [-0.15, -0.1) is 0 Å². The van der Waals surface area contributed by atoms with Crippen molar-refractivity contribution in [3.05, 3.63) is 75.4 Å². The quantitative estimate of drug-likeness (QED) is 0.652. The molecule has 1 N–H and O–H groups in total. The molecule has 0 amide bonds. The minimum Gasteiger partial charge on any atom is -0.247 e. The molecule has 30 heavy (non-hydrogen) atoms. The first-order valence-electron chi connectivity index (χ1n) is 9.84. The highest BCUT2D eigenvalue weighted by Gasteiger charge is 2.30. The van der Waals surface area contributed by atoms with E-state index in [1.165, 1.54) is 16.4 Å². The summed E-state index contributed by atoms with van der Waals surface area (Å²) in [5.41, 5.74) is 1.54. The van der Waals surface area contributed by atoms with E-state index in [1.807, 2.05) is 31.2 Å². The molecule has 4 rings (SSSR count). The topological polar surface area (TPSA) is 88.1 Å². The summed E-state index contributed by atoms with van der Waals surface area (Å²) < 4.78 is 28.9. The van der Waals surface area contributed by atoms with Crippen LogP contribution in [-0.2, 0) is 16.4 Å². The van der Waals surface area contributed by atoms with Crippen LogP contribution in [0.3, 0.4) is 0 Å². The van der Waals surface area contributed by atoms with Crippen LogP contribution in [0.1, 0.15) is 24.2 Å². The smallest absolute Gasteiger partial charge is 0.247 e. The molecule has 2 heterocycles. The van der Waals surface area contributed by atoms with E-state index in [2.05, 4.69) is 10.2 Å². The number of aromatic nitrogens is 3. The van der Waals surface area contributed by atoms with E-state index in [0.717, 1.165) is 11.3 Å². The number of halogens is 1. The van der Waals surface area contributed by atoms with Crippen LogP contribution in [0.5, 0.6) is 0 Å². The zero-order valence-electron chi connectivity index (χ0n) is 16.6. The predicted molar refractivity (Wildman–Crippen MR) is 116 cm³/mol. The molecule has 0 saturated carbocycles. The highest BCUT2D eigenvalue weighted by molar-refractivity contribution is 7.89. The molecule has 0 unspecified atom stereocenters. The Morgan fingerprint density at radius 3 is 2.43 bits per heavy atom. The Bertz CT molecular complexity index is 1190. The van der Waals surface area contributed by atoms with Crippen molar-refractivity contribution in [2.75, 3.05) is 13.1 Å². The minimum absolute atomic E-state index is 0.250. The first kappa shape index (κ1) is 20.8. The molecule has 2 aromatic carbocycles. The van der Waals surface area contributed by atoms with Crippen molar-refractivity contribution < 1.29 is 8.42 Å². The number of benzene rings is 2. The summed E-state index contributed by atoms with van der Waals surface area (Å²) >= 11 is 5.87. The first-order chi connectivity index (χ1) is 14.4. The standard InChI is InChI=1S/C21H23ClN4O3S/c1-15-4-2-3-5-19(15)26-20(23-24-21(26)27)14-16-10-12-25(13-11-16)30(28,29)18-8-6-17(22)7-9-18/h2-9,16H,10-14H2,1H3,(H,24,27). The van der Waals surface area contributed by atoms with E-state index < -0.39 is 10.0 Å². The Morgan fingerprint density at radius 2 is 1.77 bits per heavy atom. The second kappa shape index (κ2) is 8.37. The molecule has 1 aromatic heterocycles. The Morgan fingerprint density at radius 1 is 1.10 bits per heavy atom. The number of nitrogens with one attached hydrogen (secondary N) is 1. The maximum atomic E-state index is 12.9.